The zero-order chi connectivity index (χ0) is 25.4. The summed E-state index contributed by atoms with van der Waals surface area (Å²) >= 11 is -3.05. The third-order valence-electron chi connectivity index (χ3n) is 5.18. The van der Waals surface area contributed by atoms with Gasteiger partial charge in [0.2, 0.25) is 5.89 Å². The van der Waals surface area contributed by atoms with Crippen LogP contribution in [0.1, 0.15) is 35.6 Å². The van der Waals surface area contributed by atoms with Crippen LogP contribution >= 0.6 is 0 Å². The van der Waals surface area contributed by atoms with Gasteiger partial charge in [0, 0.05) is 18.8 Å². The van der Waals surface area contributed by atoms with Crippen molar-refractivity contribution in [2.24, 2.45) is 0 Å². The van der Waals surface area contributed by atoms with Crippen LogP contribution in [0.5, 0.6) is 5.75 Å². The van der Waals surface area contributed by atoms with Crippen LogP contribution < -0.4 is 4.74 Å². The van der Waals surface area contributed by atoms with E-state index in [2.05, 4.69) is 15.3 Å². The Kier molecular flexibility index (Phi) is 8.44. The average molecular weight is 517 g/mol. The fourth-order valence-corrected chi connectivity index (χ4v) is 3.98. The van der Waals surface area contributed by atoms with Crippen molar-refractivity contribution >= 4 is 23.3 Å². The first kappa shape index (κ1) is 25.5. The molecule has 2 heterocycles. The van der Waals surface area contributed by atoms with Crippen LogP contribution in [-0.4, -0.2) is 30.0 Å². The first-order valence-corrected chi connectivity index (χ1v) is 12.3. The predicted octanol–water partition coefficient (Wildman–Crippen LogP) is 5.67. The van der Waals surface area contributed by atoms with Crippen molar-refractivity contribution in [1.29, 1.82) is 0 Å². The fraction of sp³-hybridized carbons (Fsp3) is 0.240. The lowest BCUT2D eigenvalue weighted by molar-refractivity contribution is -0.0435. The molecule has 1 atom stereocenters. The normalized spacial score (nSPS) is 12.8. The maximum absolute atomic E-state index is 12.5. The van der Waals surface area contributed by atoms with E-state index in [0.717, 1.165) is 31.6 Å². The Morgan fingerprint density at radius 3 is 2.50 bits per heavy atom. The number of oxazole rings is 1. The number of aryl methyl sites for hydroxylation is 2. The molecule has 4 rings (SSSR count). The molecule has 2 aromatic heterocycles. The summed E-state index contributed by atoms with van der Waals surface area (Å²) in [5.74, 6) is 1.05. The van der Waals surface area contributed by atoms with Gasteiger partial charge in [0.25, 0.3) is 0 Å². The second-order valence-corrected chi connectivity index (χ2v) is 9.32. The standard InChI is InChI=1S/C25H23F3N4O3S/c26-25(27,28)36(33)23-11-6-20(7-12-23)8-13-24-30-21(18-35-24)17-34-22-9-4-19(5-10-22)3-1-2-15-32-16-14-29-31-32/h4-14,16,18H,1-3,15,17H2/b13-8+. The summed E-state index contributed by atoms with van der Waals surface area (Å²) < 4.78 is 62.0. The van der Waals surface area contributed by atoms with E-state index in [-0.39, 0.29) is 11.5 Å². The first-order chi connectivity index (χ1) is 17.4. The van der Waals surface area contributed by atoms with Crippen LogP contribution in [0.2, 0.25) is 0 Å². The minimum atomic E-state index is -4.78. The van der Waals surface area contributed by atoms with Gasteiger partial charge in [-0.05, 0) is 72.9 Å². The Balaban J connectivity index is 1.21. The van der Waals surface area contributed by atoms with Gasteiger partial charge in [-0.15, -0.1) is 18.3 Å². The van der Waals surface area contributed by atoms with Crippen LogP contribution in [0.3, 0.4) is 0 Å². The summed E-state index contributed by atoms with van der Waals surface area (Å²) in [5.41, 5.74) is -2.34. The highest BCUT2D eigenvalue weighted by atomic mass is 32.2. The van der Waals surface area contributed by atoms with Crippen LogP contribution in [0.15, 0.2) is 76.5 Å². The maximum Gasteiger partial charge on any atom is 0.578 e. The lowest BCUT2D eigenvalue weighted by Crippen LogP contribution is -2.23. The molecule has 2 aromatic carbocycles. The number of halogens is 3. The molecule has 0 saturated heterocycles. The van der Waals surface area contributed by atoms with Crippen LogP contribution in [0.4, 0.5) is 13.2 Å². The van der Waals surface area contributed by atoms with E-state index in [1.54, 1.807) is 18.3 Å². The van der Waals surface area contributed by atoms with Crippen LogP contribution in [0.25, 0.3) is 12.2 Å². The largest absolute Gasteiger partial charge is 0.604 e. The summed E-state index contributed by atoms with van der Waals surface area (Å²) in [7, 11) is 0. The first-order valence-electron chi connectivity index (χ1n) is 11.1. The Morgan fingerprint density at radius 1 is 1.03 bits per heavy atom. The Hall–Kier alpha value is -3.57. The smallest absolute Gasteiger partial charge is 0.578 e. The molecule has 0 spiro atoms. The number of rotatable bonds is 11. The number of aromatic nitrogens is 4. The van der Waals surface area contributed by atoms with Gasteiger partial charge in [-0.3, -0.25) is 4.68 Å². The van der Waals surface area contributed by atoms with Gasteiger partial charge in [-0.1, -0.05) is 17.3 Å². The molecule has 0 N–H and O–H groups in total. The third-order valence-corrected chi connectivity index (χ3v) is 6.30. The molecule has 36 heavy (non-hydrogen) atoms. The van der Waals surface area contributed by atoms with Gasteiger partial charge in [-0.25, -0.2) is 4.98 Å². The molecule has 4 aromatic rings. The Labute approximate surface area is 208 Å². The van der Waals surface area contributed by atoms with E-state index >= 15 is 0 Å². The molecule has 0 saturated carbocycles. The van der Waals surface area contributed by atoms with Gasteiger partial charge in [0.05, 0.1) is 17.4 Å². The zero-order valence-corrected chi connectivity index (χ0v) is 19.9. The van der Waals surface area contributed by atoms with E-state index in [4.69, 9.17) is 9.15 Å². The van der Waals surface area contributed by atoms with Crippen molar-refractivity contribution in [1.82, 2.24) is 20.0 Å². The molecule has 0 bridgehead atoms. The van der Waals surface area contributed by atoms with Crippen molar-refractivity contribution in [2.75, 3.05) is 0 Å². The molecule has 0 aliphatic carbocycles. The Morgan fingerprint density at radius 2 is 1.81 bits per heavy atom. The van der Waals surface area contributed by atoms with Crippen molar-refractivity contribution in [2.45, 2.75) is 42.8 Å². The number of unbranched alkanes of at least 4 members (excludes halogenated alkanes) is 1. The molecular formula is C25H23F3N4O3S. The number of benzene rings is 2. The zero-order valence-electron chi connectivity index (χ0n) is 19.1. The maximum atomic E-state index is 12.5. The van der Waals surface area contributed by atoms with Gasteiger partial charge in [-0.2, -0.15) is 0 Å². The van der Waals surface area contributed by atoms with E-state index in [9.17, 15) is 17.7 Å². The van der Waals surface area contributed by atoms with Gasteiger partial charge in [0.1, 0.15) is 24.3 Å². The summed E-state index contributed by atoms with van der Waals surface area (Å²) in [6, 6.07) is 13.2. The fourth-order valence-electron chi connectivity index (χ4n) is 3.33. The summed E-state index contributed by atoms with van der Waals surface area (Å²) in [5, 5.41) is 7.74. The average Bonchev–Trinajstić information content (AvgIpc) is 3.56. The van der Waals surface area contributed by atoms with E-state index < -0.39 is 16.7 Å². The molecule has 188 valence electrons. The lowest BCUT2D eigenvalue weighted by Gasteiger charge is -2.11. The minimum Gasteiger partial charge on any atom is -0.604 e. The summed E-state index contributed by atoms with van der Waals surface area (Å²) in [4.78, 5) is 4.02. The topological polar surface area (TPSA) is 89.0 Å². The molecule has 11 heteroatoms. The van der Waals surface area contributed by atoms with E-state index in [0.29, 0.717) is 17.1 Å². The molecule has 0 amide bonds. The highest BCUT2D eigenvalue weighted by Gasteiger charge is 2.45. The molecule has 7 nitrogen and oxygen atoms in total. The SMILES string of the molecule is [O-][S+](c1ccc(/C=C/c2nc(COc3ccc(CCCCn4ccnn4)cc3)co2)cc1)C(F)(F)F. The monoisotopic (exact) mass is 516 g/mol. The number of hydrogen-bond acceptors (Lipinski definition) is 6. The molecular weight excluding hydrogens is 493 g/mol. The van der Waals surface area contributed by atoms with Crippen molar-refractivity contribution in [3.8, 4) is 5.75 Å². The van der Waals surface area contributed by atoms with Gasteiger partial charge in [0.15, 0.2) is 4.90 Å². The number of hydrogen-bond donors (Lipinski definition) is 0. The second-order valence-electron chi connectivity index (χ2n) is 7.85. The van der Waals surface area contributed by atoms with Crippen molar-refractivity contribution in [3.63, 3.8) is 0 Å². The third kappa shape index (κ3) is 7.46. The summed E-state index contributed by atoms with van der Waals surface area (Å²) in [6.45, 7) is 1.08. The van der Waals surface area contributed by atoms with Crippen molar-refractivity contribution < 1.29 is 26.9 Å². The molecule has 0 radical (unpaired) electrons. The minimum absolute atomic E-state index is 0.229. The second kappa shape index (κ2) is 11.9. The Bertz CT molecular complexity index is 1240. The van der Waals surface area contributed by atoms with Crippen LogP contribution in [0, 0.1) is 0 Å². The van der Waals surface area contributed by atoms with E-state index in [1.807, 2.05) is 35.1 Å². The lowest BCUT2D eigenvalue weighted by atomic mass is 10.1. The number of alkyl halides is 3. The highest BCUT2D eigenvalue weighted by molar-refractivity contribution is 7.92. The van der Waals surface area contributed by atoms with Crippen LogP contribution in [-0.2, 0) is 30.7 Å². The molecule has 1 unspecified atom stereocenters. The molecule has 0 aliphatic rings. The van der Waals surface area contributed by atoms with Gasteiger partial charge < -0.3 is 13.7 Å². The number of nitrogens with zero attached hydrogens (tertiary/aromatic N) is 4. The summed E-state index contributed by atoms with van der Waals surface area (Å²) in [6.07, 6.45) is 11.3. The quantitative estimate of drug-likeness (QED) is 0.189. The van der Waals surface area contributed by atoms with Crippen molar-refractivity contribution in [3.05, 3.63) is 89.9 Å². The van der Waals surface area contributed by atoms with E-state index in [1.165, 1.54) is 36.1 Å². The molecule has 0 aliphatic heterocycles. The number of ether oxygens (including phenoxy) is 1. The van der Waals surface area contributed by atoms with Gasteiger partial charge >= 0.3 is 5.51 Å². The molecule has 0 fully saturated rings. The highest BCUT2D eigenvalue weighted by Crippen LogP contribution is 2.30. The predicted molar refractivity (Wildman–Crippen MR) is 128 cm³/mol.